The van der Waals surface area contributed by atoms with Crippen LogP contribution in [0.5, 0.6) is 0 Å². The van der Waals surface area contributed by atoms with E-state index < -0.39 is 0 Å². The van der Waals surface area contributed by atoms with Gasteiger partial charge in [0.15, 0.2) is 0 Å². The van der Waals surface area contributed by atoms with E-state index in [4.69, 9.17) is 0 Å². The highest BCUT2D eigenvalue weighted by molar-refractivity contribution is 5.76. The Morgan fingerprint density at radius 1 is 1.31 bits per heavy atom. The molecule has 3 heteroatoms. The first-order valence-corrected chi connectivity index (χ1v) is 6.70. The Kier molecular flexibility index (Phi) is 3.85. The lowest BCUT2D eigenvalue weighted by Gasteiger charge is -2.46. The zero-order chi connectivity index (χ0) is 11.5. The third-order valence-corrected chi connectivity index (χ3v) is 4.16. The van der Waals surface area contributed by atoms with Gasteiger partial charge in [0.05, 0.1) is 0 Å². The van der Waals surface area contributed by atoms with Gasteiger partial charge in [0.25, 0.3) is 0 Å². The molecule has 2 aliphatic rings. The summed E-state index contributed by atoms with van der Waals surface area (Å²) in [6, 6.07) is 0.736. The van der Waals surface area contributed by atoms with E-state index in [0.29, 0.717) is 5.91 Å². The molecule has 2 atom stereocenters. The summed E-state index contributed by atoms with van der Waals surface area (Å²) < 4.78 is 0. The molecule has 3 nitrogen and oxygen atoms in total. The van der Waals surface area contributed by atoms with E-state index >= 15 is 0 Å². The lowest BCUT2D eigenvalue weighted by Crippen LogP contribution is -2.53. The minimum absolute atomic E-state index is 0.370. The Labute approximate surface area is 98.8 Å². The van der Waals surface area contributed by atoms with Crippen molar-refractivity contribution >= 4 is 5.91 Å². The van der Waals surface area contributed by atoms with E-state index in [0.717, 1.165) is 37.9 Å². The standard InChI is InChI=1S/C13H24N2O/c1-3-5-13(16)15-9-7-12-11(10-15)6-4-8-14(12)2/h11-12H,3-10H2,1-2H3. The van der Waals surface area contributed by atoms with E-state index in [2.05, 4.69) is 23.8 Å². The molecule has 0 aromatic carbocycles. The summed E-state index contributed by atoms with van der Waals surface area (Å²) >= 11 is 0. The summed E-state index contributed by atoms with van der Waals surface area (Å²) in [7, 11) is 2.24. The normalized spacial score (nSPS) is 31.2. The van der Waals surface area contributed by atoms with Crippen LogP contribution in [0.4, 0.5) is 0 Å². The monoisotopic (exact) mass is 224 g/mol. The fourth-order valence-corrected chi connectivity index (χ4v) is 3.25. The van der Waals surface area contributed by atoms with E-state index in [1.165, 1.54) is 25.8 Å². The summed E-state index contributed by atoms with van der Waals surface area (Å²) in [5.41, 5.74) is 0. The largest absolute Gasteiger partial charge is 0.342 e. The summed E-state index contributed by atoms with van der Waals surface area (Å²) in [4.78, 5) is 16.5. The molecule has 0 aromatic rings. The molecule has 2 heterocycles. The molecule has 0 aromatic heterocycles. The third kappa shape index (κ3) is 2.40. The summed E-state index contributed by atoms with van der Waals surface area (Å²) in [5, 5.41) is 0. The van der Waals surface area contributed by atoms with Crippen LogP contribution in [0, 0.1) is 5.92 Å². The second-order valence-corrected chi connectivity index (χ2v) is 5.33. The number of carbonyl (C=O) groups excluding carboxylic acids is 1. The maximum absolute atomic E-state index is 11.9. The molecule has 0 spiro atoms. The molecule has 2 unspecified atom stereocenters. The van der Waals surface area contributed by atoms with Gasteiger partial charge in [-0.1, -0.05) is 6.92 Å². The van der Waals surface area contributed by atoms with Crippen LogP contribution < -0.4 is 0 Å². The van der Waals surface area contributed by atoms with Crippen LogP contribution in [-0.4, -0.2) is 48.4 Å². The SMILES string of the molecule is CCCC(=O)N1CCC2C(CCCN2C)C1. The molecule has 0 aliphatic carbocycles. The van der Waals surface area contributed by atoms with Gasteiger partial charge in [0.2, 0.25) is 5.91 Å². The van der Waals surface area contributed by atoms with Crippen LogP contribution in [0.15, 0.2) is 0 Å². The van der Waals surface area contributed by atoms with E-state index in [1.54, 1.807) is 0 Å². The second kappa shape index (κ2) is 5.17. The van der Waals surface area contributed by atoms with Crippen molar-refractivity contribution in [3.63, 3.8) is 0 Å². The van der Waals surface area contributed by atoms with E-state index in [-0.39, 0.29) is 0 Å². The predicted octanol–water partition coefficient (Wildman–Crippen LogP) is 1.73. The predicted molar refractivity (Wildman–Crippen MR) is 65.2 cm³/mol. The molecule has 92 valence electrons. The summed E-state index contributed by atoms with van der Waals surface area (Å²) in [5.74, 6) is 1.10. The van der Waals surface area contributed by atoms with Crippen LogP contribution in [0.2, 0.25) is 0 Å². The van der Waals surface area contributed by atoms with Crippen LogP contribution >= 0.6 is 0 Å². The third-order valence-electron chi connectivity index (χ3n) is 4.16. The van der Waals surface area contributed by atoms with Gasteiger partial charge in [-0.2, -0.15) is 0 Å². The van der Waals surface area contributed by atoms with Crippen molar-refractivity contribution in [3.05, 3.63) is 0 Å². The van der Waals surface area contributed by atoms with Gasteiger partial charge in [0, 0.05) is 25.6 Å². The number of fused-ring (bicyclic) bond motifs is 1. The topological polar surface area (TPSA) is 23.6 Å². The average molecular weight is 224 g/mol. The number of rotatable bonds is 2. The fourth-order valence-electron chi connectivity index (χ4n) is 3.25. The molecule has 0 radical (unpaired) electrons. The van der Waals surface area contributed by atoms with E-state index in [1.807, 2.05) is 0 Å². The molecule has 2 fully saturated rings. The van der Waals surface area contributed by atoms with Crippen molar-refractivity contribution < 1.29 is 4.79 Å². The first kappa shape index (κ1) is 11.9. The van der Waals surface area contributed by atoms with Gasteiger partial charge in [-0.3, -0.25) is 4.79 Å². The van der Waals surface area contributed by atoms with Crippen molar-refractivity contribution in [1.29, 1.82) is 0 Å². The maximum Gasteiger partial charge on any atom is 0.222 e. The maximum atomic E-state index is 11.9. The van der Waals surface area contributed by atoms with Crippen molar-refractivity contribution in [2.45, 2.75) is 45.1 Å². The van der Waals surface area contributed by atoms with Gasteiger partial charge < -0.3 is 9.80 Å². The molecular formula is C13H24N2O. The van der Waals surface area contributed by atoms with Crippen molar-refractivity contribution in [2.75, 3.05) is 26.7 Å². The lowest BCUT2D eigenvalue weighted by molar-refractivity contribution is -0.134. The second-order valence-electron chi connectivity index (χ2n) is 5.33. The molecule has 2 aliphatic heterocycles. The highest BCUT2D eigenvalue weighted by atomic mass is 16.2. The van der Waals surface area contributed by atoms with Gasteiger partial charge in [0.1, 0.15) is 0 Å². The van der Waals surface area contributed by atoms with Crippen LogP contribution in [-0.2, 0) is 4.79 Å². The number of hydrogen-bond donors (Lipinski definition) is 0. The quantitative estimate of drug-likeness (QED) is 0.713. The van der Waals surface area contributed by atoms with Crippen LogP contribution in [0.3, 0.4) is 0 Å². The summed E-state index contributed by atoms with van der Waals surface area (Å²) in [6.07, 6.45) is 5.49. The fraction of sp³-hybridized carbons (Fsp3) is 0.923. The van der Waals surface area contributed by atoms with Crippen molar-refractivity contribution in [1.82, 2.24) is 9.80 Å². The first-order valence-electron chi connectivity index (χ1n) is 6.70. The zero-order valence-electron chi connectivity index (χ0n) is 10.6. The van der Waals surface area contributed by atoms with E-state index in [9.17, 15) is 4.79 Å². The molecule has 1 amide bonds. The Morgan fingerprint density at radius 3 is 2.88 bits per heavy atom. The Bertz CT molecular complexity index is 254. The first-order chi connectivity index (χ1) is 7.72. The van der Waals surface area contributed by atoms with Crippen LogP contribution in [0.1, 0.15) is 39.0 Å². The Morgan fingerprint density at radius 2 is 2.12 bits per heavy atom. The number of nitrogens with zero attached hydrogens (tertiary/aromatic N) is 2. The van der Waals surface area contributed by atoms with Gasteiger partial charge in [-0.25, -0.2) is 0 Å². The number of amides is 1. The molecule has 16 heavy (non-hydrogen) atoms. The smallest absolute Gasteiger partial charge is 0.222 e. The molecule has 0 N–H and O–H groups in total. The molecule has 2 saturated heterocycles. The minimum Gasteiger partial charge on any atom is -0.342 e. The van der Waals surface area contributed by atoms with Gasteiger partial charge >= 0.3 is 0 Å². The van der Waals surface area contributed by atoms with Crippen LogP contribution in [0.25, 0.3) is 0 Å². The Balaban J connectivity index is 1.92. The van der Waals surface area contributed by atoms with Crippen molar-refractivity contribution in [2.24, 2.45) is 5.92 Å². The zero-order valence-corrected chi connectivity index (χ0v) is 10.6. The number of carbonyl (C=O) groups is 1. The minimum atomic E-state index is 0.370. The molecular weight excluding hydrogens is 200 g/mol. The molecule has 0 saturated carbocycles. The highest BCUT2D eigenvalue weighted by Gasteiger charge is 2.35. The lowest BCUT2D eigenvalue weighted by atomic mass is 9.84. The number of hydrogen-bond acceptors (Lipinski definition) is 2. The Hall–Kier alpha value is -0.570. The van der Waals surface area contributed by atoms with Crippen molar-refractivity contribution in [3.8, 4) is 0 Å². The highest BCUT2D eigenvalue weighted by Crippen LogP contribution is 2.29. The number of piperidine rings is 2. The number of likely N-dealkylation sites (tertiary alicyclic amines) is 2. The average Bonchev–Trinajstić information content (AvgIpc) is 2.29. The molecule has 2 rings (SSSR count). The van der Waals surface area contributed by atoms with Gasteiger partial charge in [-0.15, -0.1) is 0 Å². The summed E-state index contributed by atoms with van der Waals surface area (Å²) in [6.45, 7) is 5.31. The van der Waals surface area contributed by atoms with Gasteiger partial charge in [-0.05, 0) is 45.2 Å². The molecule has 0 bridgehead atoms.